The van der Waals surface area contributed by atoms with Crippen LogP contribution in [0.15, 0.2) is 18.2 Å². The van der Waals surface area contributed by atoms with E-state index in [1.807, 2.05) is 19.9 Å². The summed E-state index contributed by atoms with van der Waals surface area (Å²) in [6.07, 6.45) is 0. The Bertz CT molecular complexity index is 450. The van der Waals surface area contributed by atoms with E-state index >= 15 is 0 Å². The second-order valence-electron chi connectivity index (χ2n) is 3.88. The van der Waals surface area contributed by atoms with E-state index in [9.17, 15) is 4.79 Å². The van der Waals surface area contributed by atoms with Crippen LogP contribution in [0.1, 0.15) is 19.4 Å². The van der Waals surface area contributed by atoms with Gasteiger partial charge in [0, 0.05) is 6.04 Å². The van der Waals surface area contributed by atoms with Gasteiger partial charge in [-0.05, 0) is 32.0 Å². The Labute approximate surface area is 100 Å². The van der Waals surface area contributed by atoms with Crippen LogP contribution in [-0.2, 0) is 4.79 Å². The highest BCUT2D eigenvalue weighted by Crippen LogP contribution is 2.21. The van der Waals surface area contributed by atoms with E-state index in [2.05, 4.69) is 5.32 Å². The lowest BCUT2D eigenvalue weighted by Crippen LogP contribution is -2.34. The normalized spacial score (nSPS) is 9.76. The third kappa shape index (κ3) is 4.03. The molecule has 0 aliphatic rings. The smallest absolute Gasteiger partial charge is 0.258 e. The van der Waals surface area contributed by atoms with E-state index in [0.717, 1.165) is 0 Å². The summed E-state index contributed by atoms with van der Waals surface area (Å²) >= 11 is 0. The fourth-order valence-electron chi connectivity index (χ4n) is 1.26. The molecular weight excluding hydrogens is 218 g/mol. The van der Waals surface area contributed by atoms with E-state index in [0.29, 0.717) is 17.0 Å². The number of nitriles is 1. The predicted octanol–water partition coefficient (Wildman–Crippen LogP) is 1.04. The Morgan fingerprint density at radius 1 is 1.59 bits per heavy atom. The Morgan fingerprint density at radius 3 is 2.82 bits per heavy atom. The summed E-state index contributed by atoms with van der Waals surface area (Å²) in [4.78, 5) is 11.3. The molecular formula is C12H15N3O2. The molecule has 5 nitrogen and oxygen atoms in total. The minimum absolute atomic E-state index is 0.0735. The first-order valence-electron chi connectivity index (χ1n) is 5.24. The van der Waals surface area contributed by atoms with Crippen molar-refractivity contribution >= 4 is 11.6 Å². The zero-order chi connectivity index (χ0) is 12.8. The molecule has 0 saturated heterocycles. The molecule has 0 aliphatic carbocycles. The summed E-state index contributed by atoms with van der Waals surface area (Å²) in [5.41, 5.74) is 6.48. The zero-order valence-corrected chi connectivity index (χ0v) is 9.86. The van der Waals surface area contributed by atoms with Crippen LogP contribution < -0.4 is 15.8 Å². The van der Waals surface area contributed by atoms with Gasteiger partial charge < -0.3 is 15.8 Å². The van der Waals surface area contributed by atoms with Gasteiger partial charge in [0.25, 0.3) is 5.91 Å². The lowest BCUT2D eigenvalue weighted by atomic mass is 10.2. The number of amides is 1. The van der Waals surface area contributed by atoms with Crippen molar-refractivity contribution in [1.82, 2.24) is 5.32 Å². The molecule has 0 radical (unpaired) electrons. The summed E-state index contributed by atoms with van der Waals surface area (Å²) in [5, 5.41) is 11.4. The third-order valence-corrected chi connectivity index (χ3v) is 1.95. The number of hydrogen-bond acceptors (Lipinski definition) is 4. The zero-order valence-electron chi connectivity index (χ0n) is 9.86. The average molecular weight is 233 g/mol. The fraction of sp³-hybridized carbons (Fsp3) is 0.333. The number of nitrogens with two attached hydrogens (primary N) is 1. The number of ether oxygens (including phenoxy) is 1. The second-order valence-corrected chi connectivity index (χ2v) is 3.88. The molecule has 0 spiro atoms. The average Bonchev–Trinajstić information content (AvgIpc) is 2.26. The van der Waals surface area contributed by atoms with Crippen molar-refractivity contribution in [1.29, 1.82) is 5.26 Å². The van der Waals surface area contributed by atoms with Gasteiger partial charge in [-0.1, -0.05) is 0 Å². The van der Waals surface area contributed by atoms with Crippen LogP contribution in [0.4, 0.5) is 5.69 Å². The Balaban J connectivity index is 2.58. The topological polar surface area (TPSA) is 88.1 Å². The van der Waals surface area contributed by atoms with Crippen molar-refractivity contribution in [3.63, 3.8) is 0 Å². The molecule has 1 amide bonds. The number of rotatable bonds is 4. The van der Waals surface area contributed by atoms with E-state index in [1.54, 1.807) is 12.1 Å². The standard InChI is InChI=1S/C12H15N3O2/c1-8(2)15-12(16)7-17-11-4-3-9(6-13)5-10(11)14/h3-5,8H,7,14H2,1-2H3,(H,15,16). The highest BCUT2D eigenvalue weighted by molar-refractivity contribution is 5.78. The number of hydrogen-bond donors (Lipinski definition) is 2. The Hall–Kier alpha value is -2.22. The van der Waals surface area contributed by atoms with Gasteiger partial charge >= 0.3 is 0 Å². The first-order chi connectivity index (χ1) is 8.02. The molecule has 1 aromatic carbocycles. The third-order valence-electron chi connectivity index (χ3n) is 1.95. The van der Waals surface area contributed by atoms with Gasteiger partial charge in [-0.25, -0.2) is 0 Å². The highest BCUT2D eigenvalue weighted by Gasteiger charge is 2.06. The molecule has 0 aromatic heterocycles. The minimum atomic E-state index is -0.205. The number of nitrogens with one attached hydrogen (secondary N) is 1. The van der Waals surface area contributed by atoms with Crippen LogP contribution in [0.3, 0.4) is 0 Å². The molecule has 0 fully saturated rings. The molecule has 90 valence electrons. The van der Waals surface area contributed by atoms with Gasteiger partial charge in [0.1, 0.15) is 5.75 Å². The van der Waals surface area contributed by atoms with E-state index in [1.165, 1.54) is 6.07 Å². The Morgan fingerprint density at radius 2 is 2.29 bits per heavy atom. The molecule has 3 N–H and O–H groups in total. The van der Waals surface area contributed by atoms with Crippen LogP contribution >= 0.6 is 0 Å². The molecule has 0 bridgehead atoms. The van der Waals surface area contributed by atoms with Gasteiger partial charge in [-0.3, -0.25) is 4.79 Å². The maximum atomic E-state index is 11.3. The minimum Gasteiger partial charge on any atom is -0.482 e. The van der Waals surface area contributed by atoms with Crippen LogP contribution in [0.5, 0.6) is 5.75 Å². The molecule has 17 heavy (non-hydrogen) atoms. The molecule has 0 saturated carbocycles. The lowest BCUT2D eigenvalue weighted by molar-refractivity contribution is -0.123. The van der Waals surface area contributed by atoms with Gasteiger partial charge in [0.2, 0.25) is 0 Å². The summed E-state index contributed by atoms with van der Waals surface area (Å²) in [6.45, 7) is 3.65. The van der Waals surface area contributed by atoms with Gasteiger partial charge in [0.15, 0.2) is 6.61 Å². The highest BCUT2D eigenvalue weighted by atomic mass is 16.5. The summed E-state index contributed by atoms with van der Waals surface area (Å²) in [6, 6.07) is 6.72. The van der Waals surface area contributed by atoms with E-state index in [-0.39, 0.29) is 18.6 Å². The number of carbonyl (C=O) groups excluding carboxylic acids is 1. The molecule has 1 rings (SSSR count). The quantitative estimate of drug-likeness (QED) is 0.760. The monoisotopic (exact) mass is 233 g/mol. The second kappa shape index (κ2) is 5.75. The van der Waals surface area contributed by atoms with Crippen LogP contribution in [0.2, 0.25) is 0 Å². The van der Waals surface area contributed by atoms with E-state index < -0.39 is 0 Å². The van der Waals surface area contributed by atoms with Crippen LogP contribution in [0.25, 0.3) is 0 Å². The van der Waals surface area contributed by atoms with Crippen molar-refractivity contribution < 1.29 is 9.53 Å². The first-order valence-corrected chi connectivity index (χ1v) is 5.24. The van der Waals surface area contributed by atoms with Crippen molar-refractivity contribution in [2.45, 2.75) is 19.9 Å². The first kappa shape index (κ1) is 12.8. The number of benzene rings is 1. The molecule has 0 aliphatic heterocycles. The summed E-state index contributed by atoms with van der Waals surface area (Å²) < 4.78 is 5.25. The molecule has 0 heterocycles. The Kier molecular flexibility index (Phi) is 4.35. The van der Waals surface area contributed by atoms with Crippen molar-refractivity contribution in [3.8, 4) is 11.8 Å². The SMILES string of the molecule is CC(C)NC(=O)COc1ccc(C#N)cc1N. The summed E-state index contributed by atoms with van der Waals surface area (Å²) in [7, 11) is 0. The summed E-state index contributed by atoms with van der Waals surface area (Å²) in [5.74, 6) is 0.201. The van der Waals surface area contributed by atoms with Crippen molar-refractivity contribution in [3.05, 3.63) is 23.8 Å². The maximum absolute atomic E-state index is 11.3. The van der Waals surface area contributed by atoms with E-state index in [4.69, 9.17) is 15.7 Å². The maximum Gasteiger partial charge on any atom is 0.258 e. The lowest BCUT2D eigenvalue weighted by Gasteiger charge is -2.11. The van der Waals surface area contributed by atoms with Crippen LogP contribution in [-0.4, -0.2) is 18.6 Å². The van der Waals surface area contributed by atoms with Crippen LogP contribution in [0, 0.1) is 11.3 Å². The number of nitrogens with zero attached hydrogens (tertiary/aromatic N) is 1. The molecule has 0 atom stereocenters. The number of nitrogen functional groups attached to an aromatic ring is 1. The molecule has 0 unspecified atom stereocenters. The van der Waals surface area contributed by atoms with Crippen molar-refractivity contribution in [2.24, 2.45) is 0 Å². The fourth-order valence-corrected chi connectivity index (χ4v) is 1.26. The largest absolute Gasteiger partial charge is 0.482 e. The van der Waals surface area contributed by atoms with Gasteiger partial charge in [-0.15, -0.1) is 0 Å². The molecule has 5 heteroatoms. The van der Waals surface area contributed by atoms with Gasteiger partial charge in [0.05, 0.1) is 17.3 Å². The number of anilines is 1. The molecule has 1 aromatic rings. The predicted molar refractivity (Wildman–Crippen MR) is 64.3 cm³/mol. The van der Waals surface area contributed by atoms with Crippen molar-refractivity contribution in [2.75, 3.05) is 12.3 Å². The number of carbonyl (C=O) groups is 1. The van der Waals surface area contributed by atoms with Gasteiger partial charge in [-0.2, -0.15) is 5.26 Å².